The smallest absolute Gasteiger partial charge is 0.337 e. The summed E-state index contributed by atoms with van der Waals surface area (Å²) < 4.78 is 4.83. The summed E-state index contributed by atoms with van der Waals surface area (Å²) >= 11 is 0. The van der Waals surface area contributed by atoms with Crippen LogP contribution in [0.2, 0.25) is 0 Å². The van der Waals surface area contributed by atoms with Crippen LogP contribution in [0.4, 0.5) is 11.4 Å². The number of nitrogens with two attached hydrogens (primary N) is 1. The van der Waals surface area contributed by atoms with Gasteiger partial charge in [-0.2, -0.15) is 0 Å². The Balaban J connectivity index is 1.92. The minimum absolute atomic E-state index is 0.298. The topological polar surface area (TPSA) is 55.6 Å². The molecule has 1 saturated heterocycles. The number of piperidine rings is 1. The molecule has 2 N–H and O–H groups in total. The Morgan fingerprint density at radius 3 is 2.81 bits per heavy atom. The van der Waals surface area contributed by atoms with Gasteiger partial charge in [0.1, 0.15) is 0 Å². The molecule has 2 atom stereocenters. The van der Waals surface area contributed by atoms with Crippen molar-refractivity contribution in [3.8, 4) is 0 Å². The third kappa shape index (κ3) is 2.71. The fraction of sp³-hybridized carbons (Fsp3) is 0.588. The van der Waals surface area contributed by atoms with Gasteiger partial charge >= 0.3 is 5.97 Å². The lowest BCUT2D eigenvalue weighted by molar-refractivity contribution is 0.0601. The highest BCUT2D eigenvalue weighted by molar-refractivity contribution is 5.92. The minimum atomic E-state index is -0.298. The number of rotatable bonds is 2. The van der Waals surface area contributed by atoms with Crippen molar-refractivity contribution in [2.45, 2.75) is 44.6 Å². The largest absolute Gasteiger partial charge is 0.465 e. The summed E-state index contributed by atoms with van der Waals surface area (Å²) in [6.45, 7) is 1.04. The van der Waals surface area contributed by atoms with Crippen LogP contribution >= 0.6 is 0 Å². The van der Waals surface area contributed by atoms with Crippen molar-refractivity contribution in [2.24, 2.45) is 5.92 Å². The molecule has 21 heavy (non-hydrogen) atoms. The zero-order chi connectivity index (χ0) is 14.8. The zero-order valence-electron chi connectivity index (χ0n) is 12.7. The molecule has 1 aromatic rings. The van der Waals surface area contributed by atoms with Gasteiger partial charge in [-0.25, -0.2) is 4.79 Å². The molecule has 4 heteroatoms. The van der Waals surface area contributed by atoms with Crippen LogP contribution in [0.15, 0.2) is 18.2 Å². The van der Waals surface area contributed by atoms with Gasteiger partial charge in [-0.1, -0.05) is 12.8 Å². The van der Waals surface area contributed by atoms with Gasteiger partial charge in [-0.05, 0) is 49.8 Å². The van der Waals surface area contributed by atoms with Crippen molar-refractivity contribution >= 4 is 17.3 Å². The molecule has 0 unspecified atom stereocenters. The molecule has 2 fully saturated rings. The highest BCUT2D eigenvalue weighted by Crippen LogP contribution is 2.39. The molecule has 3 rings (SSSR count). The monoisotopic (exact) mass is 288 g/mol. The number of carbonyl (C=O) groups excluding carboxylic acids is 1. The Labute approximate surface area is 126 Å². The Hall–Kier alpha value is -1.71. The fourth-order valence-electron chi connectivity index (χ4n) is 3.96. The Morgan fingerprint density at radius 2 is 2.00 bits per heavy atom. The first kappa shape index (κ1) is 14.2. The molecule has 1 aliphatic heterocycles. The summed E-state index contributed by atoms with van der Waals surface area (Å²) in [7, 11) is 1.41. The number of ether oxygens (including phenoxy) is 1. The molecule has 1 aliphatic carbocycles. The van der Waals surface area contributed by atoms with E-state index in [2.05, 4.69) is 4.90 Å². The van der Waals surface area contributed by atoms with Crippen molar-refractivity contribution in [2.75, 3.05) is 24.3 Å². The number of esters is 1. The summed E-state index contributed by atoms with van der Waals surface area (Å²) in [4.78, 5) is 14.2. The maximum atomic E-state index is 11.8. The molecule has 0 radical (unpaired) electrons. The molecular formula is C17H24N2O2. The standard InChI is InChI=1S/C17H24N2O2/c1-21-17(20)13-8-9-14(18)16(11-13)19-10-4-6-12-5-2-3-7-15(12)19/h8-9,11-12,15H,2-7,10,18H2,1H3/t12-,15-/m1/s1. The summed E-state index contributed by atoms with van der Waals surface area (Å²) in [5, 5.41) is 0. The van der Waals surface area contributed by atoms with Gasteiger partial charge in [0.25, 0.3) is 0 Å². The number of methoxy groups -OCH3 is 1. The van der Waals surface area contributed by atoms with E-state index < -0.39 is 0 Å². The molecule has 0 bridgehead atoms. The number of benzene rings is 1. The number of fused-ring (bicyclic) bond motifs is 1. The van der Waals surface area contributed by atoms with Crippen LogP contribution in [0.3, 0.4) is 0 Å². The fourth-order valence-corrected chi connectivity index (χ4v) is 3.96. The van der Waals surface area contributed by atoms with Crippen LogP contribution in [-0.4, -0.2) is 25.7 Å². The maximum absolute atomic E-state index is 11.8. The van der Waals surface area contributed by atoms with E-state index in [0.29, 0.717) is 11.6 Å². The maximum Gasteiger partial charge on any atom is 0.337 e. The molecule has 1 saturated carbocycles. The number of nitrogen functional groups attached to an aromatic ring is 1. The minimum Gasteiger partial charge on any atom is -0.465 e. The molecule has 114 valence electrons. The molecule has 0 amide bonds. The second-order valence-electron chi connectivity index (χ2n) is 6.21. The van der Waals surface area contributed by atoms with E-state index in [0.717, 1.165) is 23.8 Å². The lowest BCUT2D eigenvalue weighted by Gasteiger charge is -2.45. The predicted octanol–water partition coefficient (Wildman–Crippen LogP) is 3.21. The predicted molar refractivity (Wildman–Crippen MR) is 84.5 cm³/mol. The van der Waals surface area contributed by atoms with Gasteiger partial charge < -0.3 is 15.4 Å². The van der Waals surface area contributed by atoms with Gasteiger partial charge in [-0.15, -0.1) is 0 Å². The molecule has 0 spiro atoms. The Morgan fingerprint density at radius 1 is 1.24 bits per heavy atom. The van der Waals surface area contributed by atoms with Crippen molar-refractivity contribution in [3.63, 3.8) is 0 Å². The van der Waals surface area contributed by atoms with Crippen LogP contribution < -0.4 is 10.6 Å². The Kier molecular flexibility index (Phi) is 4.04. The molecule has 2 aliphatic rings. The molecular weight excluding hydrogens is 264 g/mol. The lowest BCUT2D eigenvalue weighted by atomic mass is 9.78. The highest BCUT2D eigenvalue weighted by Gasteiger charge is 2.34. The van der Waals surface area contributed by atoms with Gasteiger partial charge in [-0.3, -0.25) is 0 Å². The van der Waals surface area contributed by atoms with Crippen LogP contribution in [0.5, 0.6) is 0 Å². The van der Waals surface area contributed by atoms with E-state index >= 15 is 0 Å². The second kappa shape index (κ2) is 5.96. The van der Waals surface area contributed by atoms with E-state index in [1.165, 1.54) is 45.6 Å². The molecule has 1 aromatic carbocycles. The first-order valence-electron chi connectivity index (χ1n) is 7.95. The normalized spacial score (nSPS) is 25.3. The number of carbonyl (C=O) groups is 1. The highest BCUT2D eigenvalue weighted by atomic mass is 16.5. The van der Waals surface area contributed by atoms with E-state index in [-0.39, 0.29) is 5.97 Å². The number of nitrogens with zero attached hydrogens (tertiary/aromatic N) is 1. The summed E-state index contributed by atoms with van der Waals surface area (Å²) in [6.07, 6.45) is 7.77. The summed E-state index contributed by atoms with van der Waals surface area (Å²) in [6, 6.07) is 6.06. The van der Waals surface area contributed by atoms with Gasteiger partial charge in [0.15, 0.2) is 0 Å². The zero-order valence-corrected chi connectivity index (χ0v) is 12.7. The number of anilines is 2. The average Bonchev–Trinajstić information content (AvgIpc) is 2.54. The van der Waals surface area contributed by atoms with E-state index in [9.17, 15) is 4.79 Å². The number of hydrogen-bond donors (Lipinski definition) is 1. The van der Waals surface area contributed by atoms with E-state index in [4.69, 9.17) is 10.5 Å². The van der Waals surface area contributed by atoms with Gasteiger partial charge in [0.05, 0.1) is 24.0 Å². The quantitative estimate of drug-likeness (QED) is 0.670. The molecule has 1 heterocycles. The summed E-state index contributed by atoms with van der Waals surface area (Å²) in [5.74, 6) is 0.488. The van der Waals surface area contributed by atoms with Crippen molar-refractivity contribution in [1.82, 2.24) is 0 Å². The third-order valence-corrected chi connectivity index (χ3v) is 5.00. The van der Waals surface area contributed by atoms with Crippen molar-refractivity contribution < 1.29 is 9.53 Å². The van der Waals surface area contributed by atoms with E-state index in [1.54, 1.807) is 6.07 Å². The average molecular weight is 288 g/mol. The van der Waals surface area contributed by atoms with Crippen LogP contribution in [-0.2, 0) is 4.74 Å². The molecule has 4 nitrogen and oxygen atoms in total. The van der Waals surface area contributed by atoms with Crippen molar-refractivity contribution in [3.05, 3.63) is 23.8 Å². The Bertz CT molecular complexity index is 528. The number of hydrogen-bond acceptors (Lipinski definition) is 4. The van der Waals surface area contributed by atoms with Gasteiger partial charge in [0, 0.05) is 12.6 Å². The second-order valence-corrected chi connectivity index (χ2v) is 6.21. The molecule has 0 aromatic heterocycles. The van der Waals surface area contributed by atoms with Crippen LogP contribution in [0.25, 0.3) is 0 Å². The van der Waals surface area contributed by atoms with Crippen molar-refractivity contribution in [1.29, 1.82) is 0 Å². The first-order chi connectivity index (χ1) is 10.2. The first-order valence-corrected chi connectivity index (χ1v) is 7.95. The third-order valence-electron chi connectivity index (χ3n) is 5.00. The summed E-state index contributed by atoms with van der Waals surface area (Å²) in [5.41, 5.74) is 8.54. The lowest BCUT2D eigenvalue weighted by Crippen LogP contribution is -2.47. The van der Waals surface area contributed by atoms with E-state index in [1.807, 2.05) is 12.1 Å². The van der Waals surface area contributed by atoms with Crippen LogP contribution in [0.1, 0.15) is 48.9 Å². The van der Waals surface area contributed by atoms with Gasteiger partial charge in [0.2, 0.25) is 0 Å². The van der Waals surface area contributed by atoms with Crippen LogP contribution in [0, 0.1) is 5.92 Å². The SMILES string of the molecule is COC(=O)c1ccc(N)c(N2CCC[C@H]3CCCC[C@H]32)c1.